The molecule has 1 aliphatic heterocycles. The highest BCUT2D eigenvalue weighted by molar-refractivity contribution is 4.84. The maximum atomic E-state index is 9.05. The molecule has 0 radical (unpaired) electrons. The lowest BCUT2D eigenvalue weighted by molar-refractivity contribution is 0.136. The topological polar surface area (TPSA) is 38.7 Å². The first-order chi connectivity index (χ1) is 9.19. The Morgan fingerprint density at radius 2 is 1.68 bits per heavy atom. The molecule has 0 aliphatic carbocycles. The van der Waals surface area contributed by atoms with E-state index in [1.807, 2.05) is 0 Å². The SMILES string of the molecule is CCC(CC)(CNC)CN1CCCN(CCO)CC1. The molecular formula is C15H33N3O. The van der Waals surface area contributed by atoms with Crippen LogP contribution in [0.2, 0.25) is 0 Å². The Morgan fingerprint density at radius 3 is 2.26 bits per heavy atom. The number of hydrogen-bond donors (Lipinski definition) is 2. The lowest BCUT2D eigenvalue weighted by Crippen LogP contribution is -2.44. The quantitative estimate of drug-likeness (QED) is 0.691. The summed E-state index contributed by atoms with van der Waals surface area (Å²) in [6, 6.07) is 0. The summed E-state index contributed by atoms with van der Waals surface area (Å²) in [7, 11) is 2.06. The van der Waals surface area contributed by atoms with Gasteiger partial charge in [0.1, 0.15) is 0 Å². The summed E-state index contributed by atoms with van der Waals surface area (Å²) >= 11 is 0. The van der Waals surface area contributed by atoms with Crippen molar-refractivity contribution in [2.24, 2.45) is 5.41 Å². The van der Waals surface area contributed by atoms with Crippen molar-refractivity contribution in [3.8, 4) is 0 Å². The van der Waals surface area contributed by atoms with Gasteiger partial charge < -0.3 is 15.3 Å². The van der Waals surface area contributed by atoms with Crippen LogP contribution in [0, 0.1) is 5.41 Å². The Morgan fingerprint density at radius 1 is 1.05 bits per heavy atom. The molecule has 0 bridgehead atoms. The molecule has 19 heavy (non-hydrogen) atoms. The number of aliphatic hydroxyl groups is 1. The summed E-state index contributed by atoms with van der Waals surface area (Å²) in [5.41, 5.74) is 0.418. The van der Waals surface area contributed by atoms with Crippen molar-refractivity contribution in [3.05, 3.63) is 0 Å². The van der Waals surface area contributed by atoms with E-state index < -0.39 is 0 Å². The number of nitrogens with zero attached hydrogens (tertiary/aromatic N) is 2. The minimum Gasteiger partial charge on any atom is -0.395 e. The Hall–Kier alpha value is -0.160. The van der Waals surface area contributed by atoms with Gasteiger partial charge in [0.2, 0.25) is 0 Å². The minimum atomic E-state index is 0.285. The Kier molecular flexibility index (Phi) is 7.91. The van der Waals surface area contributed by atoms with Gasteiger partial charge in [0.25, 0.3) is 0 Å². The molecule has 1 saturated heterocycles. The van der Waals surface area contributed by atoms with Crippen molar-refractivity contribution in [1.29, 1.82) is 0 Å². The third-order valence-electron chi connectivity index (χ3n) is 4.71. The first kappa shape index (κ1) is 16.9. The molecule has 114 valence electrons. The zero-order valence-electron chi connectivity index (χ0n) is 13.1. The molecule has 0 aromatic rings. The maximum Gasteiger partial charge on any atom is 0.0558 e. The fraction of sp³-hybridized carbons (Fsp3) is 1.00. The molecule has 0 atom stereocenters. The monoisotopic (exact) mass is 271 g/mol. The van der Waals surface area contributed by atoms with E-state index in [4.69, 9.17) is 5.11 Å². The van der Waals surface area contributed by atoms with Crippen molar-refractivity contribution < 1.29 is 5.11 Å². The Bertz CT molecular complexity index is 231. The second-order valence-electron chi connectivity index (χ2n) is 5.93. The van der Waals surface area contributed by atoms with E-state index in [9.17, 15) is 0 Å². The van der Waals surface area contributed by atoms with Crippen LogP contribution >= 0.6 is 0 Å². The molecule has 0 aromatic carbocycles. The maximum absolute atomic E-state index is 9.05. The fourth-order valence-corrected chi connectivity index (χ4v) is 3.18. The molecule has 0 aromatic heterocycles. The van der Waals surface area contributed by atoms with Crippen molar-refractivity contribution in [2.75, 3.05) is 59.5 Å². The molecule has 4 heteroatoms. The number of hydrogen-bond acceptors (Lipinski definition) is 4. The summed E-state index contributed by atoms with van der Waals surface area (Å²) < 4.78 is 0. The first-order valence-electron chi connectivity index (χ1n) is 7.90. The fourth-order valence-electron chi connectivity index (χ4n) is 3.18. The van der Waals surface area contributed by atoms with E-state index in [1.54, 1.807) is 0 Å². The van der Waals surface area contributed by atoms with Gasteiger partial charge in [-0.05, 0) is 44.8 Å². The van der Waals surface area contributed by atoms with E-state index >= 15 is 0 Å². The number of rotatable bonds is 8. The second kappa shape index (κ2) is 8.90. The number of aliphatic hydroxyl groups excluding tert-OH is 1. The third-order valence-corrected chi connectivity index (χ3v) is 4.71. The largest absolute Gasteiger partial charge is 0.395 e. The predicted octanol–water partition coefficient (Wildman–Crippen LogP) is 1.01. The average molecular weight is 271 g/mol. The summed E-state index contributed by atoms with van der Waals surface area (Å²) in [6.07, 6.45) is 3.70. The zero-order valence-corrected chi connectivity index (χ0v) is 13.1. The summed E-state index contributed by atoms with van der Waals surface area (Å²) in [6.45, 7) is 12.6. The van der Waals surface area contributed by atoms with Crippen molar-refractivity contribution in [1.82, 2.24) is 15.1 Å². The van der Waals surface area contributed by atoms with Crippen LogP contribution in [0.25, 0.3) is 0 Å². The normalized spacial score (nSPS) is 19.6. The van der Waals surface area contributed by atoms with Crippen LogP contribution in [-0.4, -0.2) is 74.4 Å². The van der Waals surface area contributed by atoms with Crippen LogP contribution in [0.4, 0.5) is 0 Å². The van der Waals surface area contributed by atoms with Crippen molar-refractivity contribution >= 4 is 0 Å². The van der Waals surface area contributed by atoms with E-state index in [0.717, 1.165) is 32.7 Å². The summed E-state index contributed by atoms with van der Waals surface area (Å²) in [4.78, 5) is 5.01. The Labute approximate surface area is 119 Å². The average Bonchev–Trinajstić information content (AvgIpc) is 2.64. The summed E-state index contributed by atoms with van der Waals surface area (Å²) in [5, 5.41) is 12.4. The number of nitrogens with one attached hydrogen (secondary N) is 1. The van der Waals surface area contributed by atoms with Gasteiger partial charge >= 0.3 is 0 Å². The van der Waals surface area contributed by atoms with Crippen molar-refractivity contribution in [3.63, 3.8) is 0 Å². The van der Waals surface area contributed by atoms with Crippen molar-refractivity contribution in [2.45, 2.75) is 33.1 Å². The summed E-state index contributed by atoms with van der Waals surface area (Å²) in [5.74, 6) is 0. The zero-order chi connectivity index (χ0) is 14.1. The lowest BCUT2D eigenvalue weighted by atomic mass is 9.81. The predicted molar refractivity (Wildman–Crippen MR) is 81.5 cm³/mol. The van der Waals surface area contributed by atoms with Crippen LogP contribution < -0.4 is 5.32 Å². The highest BCUT2D eigenvalue weighted by Gasteiger charge is 2.28. The molecule has 4 nitrogen and oxygen atoms in total. The van der Waals surface area contributed by atoms with Gasteiger partial charge in [0.15, 0.2) is 0 Å². The van der Waals surface area contributed by atoms with Gasteiger partial charge in [0.05, 0.1) is 6.61 Å². The Balaban J connectivity index is 2.50. The van der Waals surface area contributed by atoms with E-state index in [1.165, 1.54) is 32.4 Å². The van der Waals surface area contributed by atoms with E-state index in [-0.39, 0.29) is 6.61 Å². The van der Waals surface area contributed by atoms with Crippen LogP contribution in [0.3, 0.4) is 0 Å². The second-order valence-corrected chi connectivity index (χ2v) is 5.93. The number of β-amino-alcohol motifs (C(OH)–C–C–N with tert-alkyl or cyclic N) is 1. The van der Waals surface area contributed by atoms with Gasteiger partial charge in [0, 0.05) is 32.7 Å². The molecule has 1 aliphatic rings. The molecule has 0 amide bonds. The standard InChI is InChI=1S/C15H33N3O/c1-4-15(5-2,13-16-3)14-18-8-6-7-17(9-10-18)11-12-19/h16,19H,4-14H2,1-3H3. The third kappa shape index (κ3) is 5.38. The molecule has 1 fully saturated rings. The molecule has 0 unspecified atom stereocenters. The van der Waals surface area contributed by atoms with Crippen LogP contribution in [0.15, 0.2) is 0 Å². The smallest absolute Gasteiger partial charge is 0.0558 e. The van der Waals surface area contributed by atoms with Gasteiger partial charge in [-0.3, -0.25) is 4.90 Å². The van der Waals surface area contributed by atoms with Crippen LogP contribution in [0.5, 0.6) is 0 Å². The molecule has 2 N–H and O–H groups in total. The van der Waals surface area contributed by atoms with Gasteiger partial charge in [-0.1, -0.05) is 13.8 Å². The molecule has 1 heterocycles. The minimum absolute atomic E-state index is 0.285. The van der Waals surface area contributed by atoms with E-state index in [0.29, 0.717) is 5.41 Å². The highest BCUT2D eigenvalue weighted by Crippen LogP contribution is 2.27. The van der Waals surface area contributed by atoms with Gasteiger partial charge in [-0.15, -0.1) is 0 Å². The van der Waals surface area contributed by atoms with Crippen LogP contribution in [-0.2, 0) is 0 Å². The molecule has 0 spiro atoms. The molecule has 0 saturated carbocycles. The molecular weight excluding hydrogens is 238 g/mol. The van der Waals surface area contributed by atoms with Crippen LogP contribution in [0.1, 0.15) is 33.1 Å². The molecule has 1 rings (SSSR count). The lowest BCUT2D eigenvalue weighted by Gasteiger charge is -2.37. The highest BCUT2D eigenvalue weighted by atomic mass is 16.3. The van der Waals surface area contributed by atoms with E-state index in [2.05, 4.69) is 36.0 Å². The van der Waals surface area contributed by atoms with Gasteiger partial charge in [-0.25, -0.2) is 0 Å². The van der Waals surface area contributed by atoms with Gasteiger partial charge in [-0.2, -0.15) is 0 Å². The first-order valence-corrected chi connectivity index (χ1v) is 7.90.